The Kier molecular flexibility index (Phi) is 3.83. The molecule has 5 heteroatoms. The number of aryl methyl sites for hydroxylation is 2. The molecule has 1 aromatic heterocycles. The van der Waals surface area contributed by atoms with Gasteiger partial charge in [0.05, 0.1) is 13.6 Å². The zero-order valence-electron chi connectivity index (χ0n) is 11.2. The summed E-state index contributed by atoms with van der Waals surface area (Å²) in [7, 11) is 1.47. The Hall–Kier alpha value is -1.52. The van der Waals surface area contributed by atoms with Crippen LogP contribution in [0.3, 0.4) is 0 Å². The third kappa shape index (κ3) is 2.60. The molecule has 0 amide bonds. The molecule has 0 saturated carbocycles. The van der Waals surface area contributed by atoms with Crippen LogP contribution in [0.1, 0.15) is 32.0 Å². The number of rotatable bonds is 4. The Balaban J connectivity index is 2.56. The minimum absolute atomic E-state index is 0.407. The Morgan fingerprint density at radius 2 is 1.84 bits per heavy atom. The van der Waals surface area contributed by atoms with Gasteiger partial charge in [-0.25, -0.2) is 9.13 Å². The van der Waals surface area contributed by atoms with Gasteiger partial charge in [-0.3, -0.25) is 0 Å². The number of hydrogen-bond acceptors (Lipinski definition) is 0. The van der Waals surface area contributed by atoms with E-state index in [1.165, 1.54) is 16.2 Å². The largest absolute Gasteiger partial charge is 0.495 e. The average Bonchev–Trinajstić information content (AvgIpc) is 2.63. The van der Waals surface area contributed by atoms with Crippen LogP contribution in [0.5, 0.6) is 0 Å². The molecule has 2 aromatic rings. The van der Waals surface area contributed by atoms with Gasteiger partial charge < -0.3 is 0 Å². The zero-order chi connectivity index (χ0) is 14.0. The molecule has 0 aliphatic carbocycles. The SMILES string of the molecule is CCCCCn1c(C(F)(F)F)[n+](C)c2ccccc21. The fraction of sp³-hybridized carbons (Fsp3) is 0.500. The molecule has 2 rings (SSSR count). The van der Waals surface area contributed by atoms with E-state index in [1.54, 1.807) is 24.3 Å². The first-order chi connectivity index (χ1) is 8.96. The first kappa shape index (κ1) is 13.9. The first-order valence-electron chi connectivity index (χ1n) is 6.51. The lowest BCUT2D eigenvalue weighted by Gasteiger charge is -2.05. The summed E-state index contributed by atoms with van der Waals surface area (Å²) in [6, 6.07) is 7.01. The number of hydrogen-bond donors (Lipinski definition) is 0. The lowest BCUT2D eigenvalue weighted by atomic mass is 10.2. The molecule has 0 fully saturated rings. The smallest absolute Gasteiger partial charge is 0.222 e. The van der Waals surface area contributed by atoms with Crippen LogP contribution in [-0.4, -0.2) is 4.57 Å². The average molecular weight is 271 g/mol. The highest BCUT2D eigenvalue weighted by molar-refractivity contribution is 5.72. The van der Waals surface area contributed by atoms with Crippen LogP contribution in [0.15, 0.2) is 24.3 Å². The second-order valence-electron chi connectivity index (χ2n) is 4.73. The molecule has 0 atom stereocenters. The summed E-state index contributed by atoms with van der Waals surface area (Å²) < 4.78 is 42.3. The molecule has 2 nitrogen and oxygen atoms in total. The highest BCUT2D eigenvalue weighted by Gasteiger charge is 2.45. The minimum Gasteiger partial charge on any atom is -0.222 e. The standard InChI is InChI=1S/C14H18F3N2/c1-3-4-7-10-19-12-9-6-5-8-11(12)18(2)13(19)14(15,16)17/h5-6,8-9H,3-4,7,10H2,1-2H3/q+1. The fourth-order valence-electron chi connectivity index (χ4n) is 2.47. The molecule has 0 spiro atoms. The number of nitrogens with zero attached hydrogens (tertiary/aromatic N) is 2. The van der Waals surface area contributed by atoms with Crippen LogP contribution >= 0.6 is 0 Å². The van der Waals surface area contributed by atoms with Crippen molar-refractivity contribution < 1.29 is 17.7 Å². The lowest BCUT2D eigenvalue weighted by molar-refractivity contribution is -0.667. The van der Waals surface area contributed by atoms with Crippen LogP contribution in [0.2, 0.25) is 0 Å². The first-order valence-corrected chi connectivity index (χ1v) is 6.51. The Labute approximate surface area is 110 Å². The van der Waals surface area contributed by atoms with Crippen molar-refractivity contribution in [3.05, 3.63) is 30.1 Å². The summed E-state index contributed by atoms with van der Waals surface area (Å²) in [5.74, 6) is -0.579. The maximum atomic E-state index is 13.2. The topological polar surface area (TPSA) is 8.81 Å². The molecule has 0 unspecified atom stereocenters. The molecule has 1 aromatic carbocycles. The number of aromatic nitrogens is 2. The maximum Gasteiger partial charge on any atom is 0.495 e. The number of imidazole rings is 1. The molecule has 1 heterocycles. The van der Waals surface area contributed by atoms with E-state index in [0.717, 1.165) is 19.3 Å². The van der Waals surface area contributed by atoms with Crippen molar-refractivity contribution in [3.63, 3.8) is 0 Å². The predicted molar refractivity (Wildman–Crippen MR) is 67.6 cm³/mol. The number of halogens is 3. The van der Waals surface area contributed by atoms with E-state index >= 15 is 0 Å². The van der Waals surface area contributed by atoms with Gasteiger partial charge in [0.2, 0.25) is 0 Å². The van der Waals surface area contributed by atoms with Gasteiger partial charge in [-0.05, 0) is 25.0 Å². The number of unbranched alkanes of at least 4 members (excludes halogenated alkanes) is 2. The summed E-state index contributed by atoms with van der Waals surface area (Å²) in [5.41, 5.74) is 1.26. The number of benzene rings is 1. The number of alkyl halides is 3. The summed E-state index contributed by atoms with van der Waals surface area (Å²) in [6.45, 7) is 2.45. The highest BCUT2D eigenvalue weighted by Crippen LogP contribution is 2.30. The van der Waals surface area contributed by atoms with E-state index < -0.39 is 12.0 Å². The van der Waals surface area contributed by atoms with Crippen molar-refractivity contribution in [2.24, 2.45) is 7.05 Å². The molecule has 0 bridgehead atoms. The molecular formula is C14H18F3N2+. The van der Waals surface area contributed by atoms with E-state index in [9.17, 15) is 13.2 Å². The molecule has 0 aliphatic heterocycles. The Bertz CT molecular complexity index is 570. The van der Waals surface area contributed by atoms with Crippen molar-refractivity contribution in [1.82, 2.24) is 4.57 Å². The summed E-state index contributed by atoms with van der Waals surface area (Å²) >= 11 is 0. The second kappa shape index (κ2) is 5.23. The Morgan fingerprint density at radius 1 is 1.16 bits per heavy atom. The molecule has 0 N–H and O–H groups in total. The summed E-state index contributed by atoms with van der Waals surface area (Å²) in [5, 5.41) is 0. The second-order valence-corrected chi connectivity index (χ2v) is 4.73. The van der Waals surface area contributed by atoms with Crippen molar-refractivity contribution in [2.45, 2.75) is 38.9 Å². The van der Waals surface area contributed by atoms with Gasteiger partial charge in [-0.15, -0.1) is 0 Å². The van der Waals surface area contributed by atoms with Crippen molar-refractivity contribution in [2.75, 3.05) is 0 Å². The highest BCUT2D eigenvalue weighted by atomic mass is 19.4. The minimum atomic E-state index is -4.33. The van der Waals surface area contributed by atoms with Gasteiger partial charge in [0.25, 0.3) is 0 Å². The van der Waals surface area contributed by atoms with E-state index in [0.29, 0.717) is 17.6 Å². The molecule has 0 aliphatic rings. The number of para-hydroxylation sites is 2. The van der Waals surface area contributed by atoms with Crippen LogP contribution in [-0.2, 0) is 19.8 Å². The predicted octanol–water partition coefficient (Wildman–Crippen LogP) is 3.67. The van der Waals surface area contributed by atoms with E-state index in [1.807, 2.05) is 6.92 Å². The quantitative estimate of drug-likeness (QED) is 0.592. The summed E-state index contributed by atoms with van der Waals surface area (Å²) in [4.78, 5) is 0. The maximum absolute atomic E-state index is 13.2. The zero-order valence-corrected chi connectivity index (χ0v) is 11.2. The Morgan fingerprint density at radius 3 is 2.47 bits per heavy atom. The van der Waals surface area contributed by atoms with Crippen molar-refractivity contribution >= 4 is 11.0 Å². The molecular weight excluding hydrogens is 253 g/mol. The van der Waals surface area contributed by atoms with Gasteiger partial charge in [-0.1, -0.05) is 25.5 Å². The lowest BCUT2D eigenvalue weighted by Crippen LogP contribution is -2.38. The van der Waals surface area contributed by atoms with Crippen LogP contribution in [0, 0.1) is 0 Å². The third-order valence-corrected chi connectivity index (χ3v) is 3.35. The van der Waals surface area contributed by atoms with Crippen LogP contribution in [0.4, 0.5) is 13.2 Å². The fourth-order valence-corrected chi connectivity index (χ4v) is 2.47. The van der Waals surface area contributed by atoms with Crippen molar-refractivity contribution in [1.29, 1.82) is 0 Å². The normalized spacial score (nSPS) is 12.3. The molecule has 0 radical (unpaired) electrons. The van der Waals surface area contributed by atoms with E-state index in [2.05, 4.69) is 0 Å². The van der Waals surface area contributed by atoms with Gasteiger partial charge >= 0.3 is 12.0 Å². The summed E-state index contributed by atoms with van der Waals surface area (Å²) in [6.07, 6.45) is -1.64. The van der Waals surface area contributed by atoms with Crippen molar-refractivity contribution in [3.8, 4) is 0 Å². The molecule has 19 heavy (non-hydrogen) atoms. The van der Waals surface area contributed by atoms with Crippen LogP contribution in [0.25, 0.3) is 11.0 Å². The van der Waals surface area contributed by atoms with Gasteiger partial charge in [0.1, 0.15) is 0 Å². The van der Waals surface area contributed by atoms with E-state index in [-0.39, 0.29) is 0 Å². The van der Waals surface area contributed by atoms with E-state index in [4.69, 9.17) is 0 Å². The van der Waals surface area contributed by atoms with Gasteiger partial charge in [0.15, 0.2) is 11.0 Å². The molecule has 104 valence electrons. The third-order valence-electron chi connectivity index (χ3n) is 3.35. The van der Waals surface area contributed by atoms with Gasteiger partial charge in [0, 0.05) is 0 Å². The number of fused-ring (bicyclic) bond motifs is 1. The van der Waals surface area contributed by atoms with Gasteiger partial charge in [-0.2, -0.15) is 13.2 Å². The van der Waals surface area contributed by atoms with Crippen LogP contribution < -0.4 is 4.57 Å². The molecule has 0 saturated heterocycles. The monoisotopic (exact) mass is 271 g/mol.